The summed E-state index contributed by atoms with van der Waals surface area (Å²) in [5, 5.41) is 12.3. The van der Waals surface area contributed by atoms with E-state index in [0.717, 1.165) is 6.07 Å². The van der Waals surface area contributed by atoms with Crippen LogP contribution in [-0.4, -0.2) is 17.5 Å². The Morgan fingerprint density at radius 2 is 2.07 bits per heavy atom. The minimum Gasteiger partial charge on any atom is -0.456 e. The van der Waals surface area contributed by atoms with Crippen LogP contribution in [0.25, 0.3) is 0 Å². The summed E-state index contributed by atoms with van der Waals surface area (Å²) in [4.78, 5) is 26.1. The fraction of sp³-hybridized carbons (Fsp3) is 0.316. The SMILES string of the molecule is CC1=C(C(=O)OC(C)(C)C)[C@@]2(C(=O)Nc3ccc(F)cc32)C(C#N)=C(N)O1. The van der Waals surface area contributed by atoms with Crippen molar-refractivity contribution in [1.29, 1.82) is 5.26 Å². The second-order valence-corrected chi connectivity index (χ2v) is 7.28. The van der Waals surface area contributed by atoms with Gasteiger partial charge in [0.15, 0.2) is 5.41 Å². The topological polar surface area (TPSA) is 114 Å². The first kappa shape index (κ1) is 18.5. The molecular formula is C19H18FN3O4. The molecule has 0 bridgehead atoms. The minimum atomic E-state index is -1.94. The fourth-order valence-electron chi connectivity index (χ4n) is 3.38. The van der Waals surface area contributed by atoms with Crippen LogP contribution in [0.4, 0.5) is 10.1 Å². The second kappa shape index (κ2) is 5.84. The lowest BCUT2D eigenvalue weighted by Crippen LogP contribution is -2.46. The molecule has 1 aromatic carbocycles. The maximum atomic E-state index is 14.0. The number of fused-ring (bicyclic) bond motifs is 2. The quantitative estimate of drug-likeness (QED) is 0.733. The molecule has 1 atom stereocenters. The lowest BCUT2D eigenvalue weighted by molar-refractivity contribution is -0.151. The van der Waals surface area contributed by atoms with E-state index >= 15 is 0 Å². The van der Waals surface area contributed by atoms with Gasteiger partial charge in [0, 0.05) is 11.3 Å². The zero-order valence-corrected chi connectivity index (χ0v) is 15.3. The van der Waals surface area contributed by atoms with E-state index in [1.165, 1.54) is 19.1 Å². The number of nitrogens with one attached hydrogen (secondary N) is 1. The Hall–Kier alpha value is -3.34. The average Bonchev–Trinajstić information content (AvgIpc) is 2.79. The van der Waals surface area contributed by atoms with Crippen molar-refractivity contribution in [2.24, 2.45) is 5.73 Å². The monoisotopic (exact) mass is 371 g/mol. The molecule has 8 heteroatoms. The molecule has 1 amide bonds. The number of rotatable bonds is 1. The van der Waals surface area contributed by atoms with E-state index in [-0.39, 0.29) is 34.0 Å². The van der Waals surface area contributed by atoms with Gasteiger partial charge in [0.2, 0.25) is 11.8 Å². The van der Waals surface area contributed by atoms with Crippen LogP contribution in [0.15, 0.2) is 41.0 Å². The van der Waals surface area contributed by atoms with Gasteiger partial charge in [0.1, 0.15) is 34.4 Å². The smallest absolute Gasteiger partial charge is 0.339 e. The first-order valence-electron chi connectivity index (χ1n) is 8.16. The Morgan fingerprint density at radius 1 is 1.41 bits per heavy atom. The number of allylic oxidation sites excluding steroid dienone is 1. The van der Waals surface area contributed by atoms with Gasteiger partial charge in [0.05, 0.1) is 0 Å². The molecule has 2 aliphatic heterocycles. The number of ether oxygens (including phenoxy) is 2. The molecule has 0 unspecified atom stereocenters. The number of benzene rings is 1. The molecule has 140 valence electrons. The molecule has 0 saturated carbocycles. The van der Waals surface area contributed by atoms with Crippen molar-refractivity contribution in [2.45, 2.75) is 38.7 Å². The van der Waals surface area contributed by atoms with Crippen LogP contribution < -0.4 is 11.1 Å². The van der Waals surface area contributed by atoms with Crippen LogP contribution in [0.3, 0.4) is 0 Å². The summed E-state index contributed by atoms with van der Waals surface area (Å²) in [6, 6.07) is 5.48. The van der Waals surface area contributed by atoms with E-state index in [2.05, 4.69) is 5.32 Å². The molecular weight excluding hydrogens is 353 g/mol. The van der Waals surface area contributed by atoms with Crippen molar-refractivity contribution >= 4 is 17.6 Å². The number of carbonyl (C=O) groups excluding carboxylic acids is 2. The maximum absolute atomic E-state index is 14.0. The molecule has 2 heterocycles. The number of amides is 1. The van der Waals surface area contributed by atoms with Crippen molar-refractivity contribution in [3.63, 3.8) is 0 Å². The zero-order valence-electron chi connectivity index (χ0n) is 15.3. The summed E-state index contributed by atoms with van der Waals surface area (Å²) in [5.74, 6) is -2.51. The van der Waals surface area contributed by atoms with Crippen LogP contribution >= 0.6 is 0 Å². The van der Waals surface area contributed by atoms with E-state index < -0.39 is 28.7 Å². The maximum Gasteiger partial charge on any atom is 0.339 e. The standard InChI is InChI=1S/C19H18FN3O4/c1-9-14(16(24)27-18(2,3)4)19(12(8-21)15(22)26-9)11-7-10(20)5-6-13(11)23-17(19)25/h5-7H,22H2,1-4H3,(H,23,25)/t19-/m0/s1. The van der Waals surface area contributed by atoms with Gasteiger partial charge in [-0.25, -0.2) is 9.18 Å². The zero-order chi connectivity index (χ0) is 20.1. The molecule has 2 aliphatic rings. The summed E-state index contributed by atoms with van der Waals surface area (Å²) >= 11 is 0. The van der Waals surface area contributed by atoms with Crippen LogP contribution in [-0.2, 0) is 24.5 Å². The normalized spacial score (nSPS) is 21.6. The van der Waals surface area contributed by atoms with Crippen LogP contribution in [0.1, 0.15) is 33.3 Å². The first-order chi connectivity index (χ1) is 12.5. The molecule has 7 nitrogen and oxygen atoms in total. The second-order valence-electron chi connectivity index (χ2n) is 7.28. The van der Waals surface area contributed by atoms with Gasteiger partial charge >= 0.3 is 5.97 Å². The Labute approximate surface area is 155 Å². The summed E-state index contributed by atoms with van der Waals surface area (Å²) in [6.07, 6.45) is 0. The minimum absolute atomic E-state index is 0.00742. The van der Waals surface area contributed by atoms with Gasteiger partial charge in [-0.05, 0) is 45.9 Å². The van der Waals surface area contributed by atoms with Crippen molar-refractivity contribution in [1.82, 2.24) is 0 Å². The van der Waals surface area contributed by atoms with Gasteiger partial charge in [-0.1, -0.05) is 0 Å². The highest BCUT2D eigenvalue weighted by Gasteiger charge is 2.60. The third-order valence-electron chi connectivity index (χ3n) is 4.30. The van der Waals surface area contributed by atoms with Gasteiger partial charge in [-0.3, -0.25) is 4.79 Å². The van der Waals surface area contributed by atoms with Crippen molar-refractivity contribution < 1.29 is 23.5 Å². The Bertz CT molecular complexity index is 982. The molecule has 1 aromatic rings. The molecule has 0 aromatic heterocycles. The van der Waals surface area contributed by atoms with Crippen LogP contribution in [0.2, 0.25) is 0 Å². The number of nitrogens with two attached hydrogens (primary N) is 1. The van der Waals surface area contributed by atoms with Gasteiger partial charge in [0.25, 0.3) is 0 Å². The molecule has 3 rings (SSSR count). The summed E-state index contributed by atoms with van der Waals surface area (Å²) in [5.41, 5.74) is 2.93. The summed E-state index contributed by atoms with van der Waals surface area (Å²) in [7, 11) is 0. The van der Waals surface area contributed by atoms with Crippen LogP contribution in [0, 0.1) is 17.1 Å². The molecule has 0 radical (unpaired) electrons. The predicted octanol–water partition coefficient (Wildman–Crippen LogP) is 2.36. The number of nitrogens with zero attached hydrogens (tertiary/aromatic N) is 1. The first-order valence-corrected chi connectivity index (χ1v) is 8.16. The highest BCUT2D eigenvalue weighted by molar-refractivity contribution is 6.17. The molecule has 1 spiro atoms. The summed E-state index contributed by atoms with van der Waals surface area (Å²) < 4.78 is 24.8. The third-order valence-corrected chi connectivity index (χ3v) is 4.30. The largest absolute Gasteiger partial charge is 0.456 e. The highest BCUT2D eigenvalue weighted by Crippen LogP contribution is 2.52. The number of hydrogen-bond acceptors (Lipinski definition) is 6. The molecule has 0 aliphatic carbocycles. The lowest BCUT2D eigenvalue weighted by Gasteiger charge is -2.35. The van der Waals surface area contributed by atoms with Crippen molar-refractivity contribution in [3.05, 3.63) is 52.4 Å². The molecule has 0 saturated heterocycles. The number of hydrogen-bond donors (Lipinski definition) is 2. The van der Waals surface area contributed by atoms with Crippen molar-refractivity contribution in [2.75, 3.05) is 5.32 Å². The lowest BCUT2D eigenvalue weighted by atomic mass is 9.68. The van der Waals surface area contributed by atoms with Gasteiger partial charge < -0.3 is 20.5 Å². The van der Waals surface area contributed by atoms with Crippen LogP contribution in [0.5, 0.6) is 0 Å². The Morgan fingerprint density at radius 3 is 2.67 bits per heavy atom. The van der Waals surface area contributed by atoms with E-state index in [9.17, 15) is 19.2 Å². The number of nitriles is 1. The van der Waals surface area contributed by atoms with Gasteiger partial charge in [-0.15, -0.1) is 0 Å². The molecule has 3 N–H and O–H groups in total. The average molecular weight is 371 g/mol. The number of halogens is 1. The Balaban J connectivity index is 2.36. The molecule has 27 heavy (non-hydrogen) atoms. The van der Waals surface area contributed by atoms with E-state index in [4.69, 9.17) is 15.2 Å². The third kappa shape index (κ3) is 2.63. The summed E-state index contributed by atoms with van der Waals surface area (Å²) in [6.45, 7) is 6.42. The van der Waals surface area contributed by atoms with E-state index in [1.807, 2.05) is 6.07 Å². The molecule has 0 fully saturated rings. The number of carbonyl (C=O) groups is 2. The van der Waals surface area contributed by atoms with E-state index in [0.29, 0.717) is 0 Å². The van der Waals surface area contributed by atoms with Crippen molar-refractivity contribution in [3.8, 4) is 6.07 Å². The van der Waals surface area contributed by atoms with E-state index in [1.54, 1.807) is 20.8 Å². The fourth-order valence-corrected chi connectivity index (χ4v) is 3.38. The Kier molecular flexibility index (Phi) is 3.99. The van der Waals surface area contributed by atoms with Gasteiger partial charge in [-0.2, -0.15) is 5.26 Å². The number of esters is 1. The number of anilines is 1. The highest BCUT2D eigenvalue weighted by atomic mass is 19.1. The predicted molar refractivity (Wildman–Crippen MR) is 93.2 cm³/mol.